The average molecular weight is 337 g/mol. The molecule has 1 aromatic heterocycles. The highest BCUT2D eigenvalue weighted by molar-refractivity contribution is 5.90. The predicted molar refractivity (Wildman–Crippen MR) is 82.6 cm³/mol. The van der Waals surface area contributed by atoms with Crippen LogP contribution in [0.5, 0.6) is 11.5 Å². The molecule has 128 valence electrons. The number of halogens is 2. The number of alkyl halides is 2. The number of nitrogens with zero attached hydrogens (tertiary/aromatic N) is 1. The number of rotatable bonds is 7. The van der Waals surface area contributed by atoms with E-state index in [9.17, 15) is 13.6 Å². The van der Waals surface area contributed by atoms with E-state index in [1.54, 1.807) is 38.4 Å². The molecule has 5 nitrogen and oxygen atoms in total. The zero-order chi connectivity index (χ0) is 17.5. The standard InChI is InChI=1S/C17H17F2NO4/c1-11-8-13(9-12(2)15(11)24-17(18)19)16(21)23-7-6-22-14-4-3-5-20-10-14/h3-5,8-10,17H,6-7H2,1-2H3. The fraction of sp³-hybridized carbons (Fsp3) is 0.294. The fourth-order valence-electron chi connectivity index (χ4n) is 2.15. The minimum atomic E-state index is -2.91. The number of hydrogen-bond donors (Lipinski definition) is 0. The molecule has 0 amide bonds. The fourth-order valence-corrected chi connectivity index (χ4v) is 2.15. The summed E-state index contributed by atoms with van der Waals surface area (Å²) in [6.07, 6.45) is 3.18. The zero-order valence-electron chi connectivity index (χ0n) is 13.3. The largest absolute Gasteiger partial charge is 0.488 e. The topological polar surface area (TPSA) is 57.7 Å². The molecule has 0 fully saturated rings. The highest BCUT2D eigenvalue weighted by Crippen LogP contribution is 2.26. The highest BCUT2D eigenvalue weighted by atomic mass is 19.3. The van der Waals surface area contributed by atoms with Crippen LogP contribution in [0.3, 0.4) is 0 Å². The number of aryl methyl sites for hydroxylation is 2. The first-order valence-electron chi connectivity index (χ1n) is 7.23. The molecular weight excluding hydrogens is 320 g/mol. The Balaban J connectivity index is 1.90. The van der Waals surface area contributed by atoms with Crippen LogP contribution in [-0.2, 0) is 4.74 Å². The van der Waals surface area contributed by atoms with Crippen molar-refractivity contribution in [1.82, 2.24) is 4.98 Å². The first-order chi connectivity index (χ1) is 11.5. The molecule has 24 heavy (non-hydrogen) atoms. The van der Waals surface area contributed by atoms with E-state index in [1.165, 1.54) is 12.1 Å². The number of ether oxygens (including phenoxy) is 3. The van der Waals surface area contributed by atoms with Gasteiger partial charge in [0.2, 0.25) is 0 Å². The summed E-state index contributed by atoms with van der Waals surface area (Å²) in [5.41, 5.74) is 1.15. The van der Waals surface area contributed by atoms with Crippen molar-refractivity contribution in [2.24, 2.45) is 0 Å². The molecule has 0 radical (unpaired) electrons. The third-order valence-electron chi connectivity index (χ3n) is 3.12. The molecule has 0 spiro atoms. The van der Waals surface area contributed by atoms with Crippen molar-refractivity contribution >= 4 is 5.97 Å². The van der Waals surface area contributed by atoms with E-state index in [-0.39, 0.29) is 24.5 Å². The van der Waals surface area contributed by atoms with Crippen LogP contribution in [0.2, 0.25) is 0 Å². The van der Waals surface area contributed by atoms with E-state index in [0.717, 1.165) is 0 Å². The van der Waals surface area contributed by atoms with Gasteiger partial charge in [-0.15, -0.1) is 0 Å². The van der Waals surface area contributed by atoms with E-state index in [0.29, 0.717) is 16.9 Å². The summed E-state index contributed by atoms with van der Waals surface area (Å²) in [6.45, 7) is 0.508. The van der Waals surface area contributed by atoms with Crippen LogP contribution < -0.4 is 9.47 Å². The Kier molecular flexibility index (Phi) is 6.06. The van der Waals surface area contributed by atoms with Gasteiger partial charge in [-0.2, -0.15) is 8.78 Å². The number of benzene rings is 1. The Bertz CT molecular complexity index is 669. The Morgan fingerprint density at radius 2 is 1.92 bits per heavy atom. The normalized spacial score (nSPS) is 10.5. The summed E-state index contributed by atoms with van der Waals surface area (Å²) in [5.74, 6) is 0.0924. The van der Waals surface area contributed by atoms with Crippen LogP contribution in [0.1, 0.15) is 21.5 Å². The van der Waals surface area contributed by atoms with Crippen LogP contribution >= 0.6 is 0 Å². The van der Waals surface area contributed by atoms with Gasteiger partial charge >= 0.3 is 12.6 Å². The second-order valence-electron chi connectivity index (χ2n) is 4.99. The quantitative estimate of drug-likeness (QED) is 0.571. The van der Waals surface area contributed by atoms with Gasteiger partial charge < -0.3 is 14.2 Å². The number of hydrogen-bond acceptors (Lipinski definition) is 5. The predicted octanol–water partition coefficient (Wildman–Crippen LogP) is 3.54. The van der Waals surface area contributed by atoms with Crippen LogP contribution in [0.15, 0.2) is 36.7 Å². The molecule has 2 rings (SSSR count). The number of pyridine rings is 1. The lowest BCUT2D eigenvalue weighted by Crippen LogP contribution is -2.13. The molecule has 1 aromatic carbocycles. The van der Waals surface area contributed by atoms with Crippen molar-refractivity contribution in [1.29, 1.82) is 0 Å². The average Bonchev–Trinajstić information content (AvgIpc) is 2.55. The Morgan fingerprint density at radius 3 is 2.50 bits per heavy atom. The molecule has 0 saturated heterocycles. The monoisotopic (exact) mass is 337 g/mol. The molecular formula is C17H17F2NO4. The minimum Gasteiger partial charge on any atom is -0.488 e. The summed E-state index contributed by atoms with van der Waals surface area (Å²) >= 11 is 0. The van der Waals surface area contributed by atoms with Gasteiger partial charge in [0.25, 0.3) is 0 Å². The van der Waals surface area contributed by atoms with Crippen LogP contribution in [-0.4, -0.2) is 30.8 Å². The zero-order valence-corrected chi connectivity index (χ0v) is 13.3. The number of aromatic nitrogens is 1. The van der Waals surface area contributed by atoms with Gasteiger partial charge in [0, 0.05) is 6.20 Å². The van der Waals surface area contributed by atoms with Crippen LogP contribution in [0, 0.1) is 13.8 Å². The highest BCUT2D eigenvalue weighted by Gasteiger charge is 2.15. The van der Waals surface area contributed by atoms with Crippen molar-refractivity contribution < 1.29 is 27.8 Å². The van der Waals surface area contributed by atoms with Gasteiger partial charge in [-0.05, 0) is 49.2 Å². The number of esters is 1. The SMILES string of the molecule is Cc1cc(C(=O)OCCOc2cccnc2)cc(C)c1OC(F)F. The van der Waals surface area contributed by atoms with Gasteiger partial charge in [-0.3, -0.25) is 4.98 Å². The second kappa shape index (κ2) is 8.24. The van der Waals surface area contributed by atoms with Crippen molar-refractivity contribution in [3.05, 3.63) is 53.3 Å². The molecule has 7 heteroatoms. The maximum atomic E-state index is 12.4. The van der Waals surface area contributed by atoms with E-state index >= 15 is 0 Å². The van der Waals surface area contributed by atoms with Gasteiger partial charge in [-0.25, -0.2) is 4.79 Å². The smallest absolute Gasteiger partial charge is 0.387 e. The van der Waals surface area contributed by atoms with Crippen LogP contribution in [0.4, 0.5) is 8.78 Å². The Morgan fingerprint density at radius 1 is 1.21 bits per heavy atom. The van der Waals surface area contributed by atoms with Crippen molar-refractivity contribution in [3.8, 4) is 11.5 Å². The van der Waals surface area contributed by atoms with Gasteiger partial charge in [0.15, 0.2) is 0 Å². The van der Waals surface area contributed by atoms with E-state index in [2.05, 4.69) is 9.72 Å². The second-order valence-corrected chi connectivity index (χ2v) is 4.99. The Hall–Kier alpha value is -2.70. The molecule has 0 N–H and O–H groups in total. The third-order valence-corrected chi connectivity index (χ3v) is 3.12. The van der Waals surface area contributed by atoms with E-state index in [4.69, 9.17) is 9.47 Å². The van der Waals surface area contributed by atoms with Gasteiger partial charge in [0.05, 0.1) is 11.8 Å². The third kappa shape index (κ3) is 4.91. The van der Waals surface area contributed by atoms with Crippen LogP contribution in [0.25, 0.3) is 0 Å². The number of carbonyl (C=O) groups is 1. The van der Waals surface area contributed by atoms with Gasteiger partial charge in [-0.1, -0.05) is 0 Å². The lowest BCUT2D eigenvalue weighted by molar-refractivity contribution is -0.0507. The number of carbonyl (C=O) groups excluding carboxylic acids is 1. The summed E-state index contributed by atoms with van der Waals surface area (Å²) in [7, 11) is 0. The molecule has 0 aliphatic rings. The van der Waals surface area contributed by atoms with Crippen molar-refractivity contribution in [3.63, 3.8) is 0 Å². The lowest BCUT2D eigenvalue weighted by Gasteiger charge is -2.13. The summed E-state index contributed by atoms with van der Waals surface area (Å²) in [5, 5.41) is 0. The Labute approximate surface area is 138 Å². The molecule has 0 bridgehead atoms. The first kappa shape index (κ1) is 17.7. The maximum absolute atomic E-state index is 12.4. The molecule has 0 aliphatic carbocycles. The summed E-state index contributed by atoms with van der Waals surface area (Å²) in [4.78, 5) is 15.9. The molecule has 0 saturated carbocycles. The summed E-state index contributed by atoms with van der Waals surface area (Å²) in [6, 6.07) is 6.38. The molecule has 1 heterocycles. The van der Waals surface area contributed by atoms with Gasteiger partial charge in [0.1, 0.15) is 24.7 Å². The summed E-state index contributed by atoms with van der Waals surface area (Å²) < 4.78 is 39.6. The maximum Gasteiger partial charge on any atom is 0.387 e. The molecule has 2 aromatic rings. The van der Waals surface area contributed by atoms with Crippen molar-refractivity contribution in [2.75, 3.05) is 13.2 Å². The minimum absolute atomic E-state index is 0.0567. The lowest BCUT2D eigenvalue weighted by atomic mass is 10.1. The van der Waals surface area contributed by atoms with E-state index in [1.807, 2.05) is 0 Å². The molecule has 0 unspecified atom stereocenters. The molecule has 0 aliphatic heterocycles. The van der Waals surface area contributed by atoms with Crippen molar-refractivity contribution in [2.45, 2.75) is 20.5 Å². The molecule has 0 atom stereocenters. The first-order valence-corrected chi connectivity index (χ1v) is 7.23. The van der Waals surface area contributed by atoms with E-state index < -0.39 is 12.6 Å².